The fraction of sp³-hybridized carbons (Fsp3) is 0.379. The zero-order chi connectivity index (χ0) is 24.1. The zero-order valence-electron chi connectivity index (χ0n) is 20.1. The maximum atomic E-state index is 14.2. The number of hydrogen-bond acceptors (Lipinski definition) is 4. The van der Waals surface area contributed by atoms with Crippen LogP contribution in [0.2, 0.25) is 0 Å². The number of nitrogens with zero attached hydrogens (tertiary/aromatic N) is 1. The van der Waals surface area contributed by atoms with E-state index in [2.05, 4.69) is 12.1 Å². The quantitative estimate of drug-likeness (QED) is 0.523. The maximum absolute atomic E-state index is 14.2. The summed E-state index contributed by atoms with van der Waals surface area (Å²) in [6.07, 6.45) is 9.24. The third kappa shape index (κ3) is 4.52. The number of benzene rings is 2. The van der Waals surface area contributed by atoms with Crippen LogP contribution in [0.3, 0.4) is 0 Å². The molecule has 1 amide bonds. The van der Waals surface area contributed by atoms with Crippen molar-refractivity contribution in [2.45, 2.75) is 39.3 Å². The lowest BCUT2D eigenvalue weighted by Crippen LogP contribution is -2.42. The Balaban J connectivity index is 1.77. The fourth-order valence-corrected chi connectivity index (χ4v) is 5.55. The van der Waals surface area contributed by atoms with Crippen LogP contribution in [-0.2, 0) is 27.3 Å². The van der Waals surface area contributed by atoms with Crippen LogP contribution >= 0.6 is 0 Å². The van der Waals surface area contributed by atoms with Gasteiger partial charge in [0, 0.05) is 18.5 Å². The van der Waals surface area contributed by atoms with E-state index in [1.165, 1.54) is 0 Å². The van der Waals surface area contributed by atoms with Crippen molar-refractivity contribution >= 4 is 11.9 Å². The second kappa shape index (κ2) is 10.3. The van der Waals surface area contributed by atoms with Gasteiger partial charge in [-0.25, -0.2) is 0 Å². The van der Waals surface area contributed by atoms with Gasteiger partial charge in [-0.2, -0.15) is 0 Å². The van der Waals surface area contributed by atoms with Gasteiger partial charge in [-0.15, -0.1) is 0 Å². The van der Waals surface area contributed by atoms with E-state index in [-0.39, 0.29) is 23.8 Å². The van der Waals surface area contributed by atoms with Crippen LogP contribution in [0.15, 0.2) is 78.9 Å². The number of ether oxygens (including phenoxy) is 2. The van der Waals surface area contributed by atoms with Gasteiger partial charge in [0.05, 0.1) is 25.0 Å². The van der Waals surface area contributed by atoms with Gasteiger partial charge in [0.2, 0.25) is 5.91 Å². The Morgan fingerprint density at radius 1 is 1.09 bits per heavy atom. The smallest absolute Gasteiger partial charge is 0.309 e. The Bertz CT molecular complexity index is 1060. The summed E-state index contributed by atoms with van der Waals surface area (Å²) in [6, 6.07) is 17.9. The molecule has 1 heterocycles. The number of methoxy groups -OCH3 is 1. The van der Waals surface area contributed by atoms with Crippen molar-refractivity contribution in [3.05, 3.63) is 90.0 Å². The summed E-state index contributed by atoms with van der Waals surface area (Å²) >= 11 is 0. The molecular formula is C29H33NO4. The van der Waals surface area contributed by atoms with Crippen LogP contribution in [0, 0.1) is 17.3 Å². The maximum Gasteiger partial charge on any atom is 0.309 e. The van der Waals surface area contributed by atoms with Gasteiger partial charge in [-0.1, -0.05) is 73.7 Å². The third-order valence-electron chi connectivity index (χ3n) is 7.16. The van der Waals surface area contributed by atoms with Crippen molar-refractivity contribution in [3.63, 3.8) is 0 Å². The molecule has 0 bridgehead atoms. The molecule has 5 heteroatoms. The minimum Gasteiger partial charge on any atom is -0.497 e. The Kier molecular flexibility index (Phi) is 7.20. The lowest BCUT2D eigenvalue weighted by molar-refractivity contribution is -0.151. The van der Waals surface area contributed by atoms with E-state index in [1.807, 2.05) is 85.5 Å². The van der Waals surface area contributed by atoms with Crippen molar-refractivity contribution < 1.29 is 19.1 Å². The first kappa shape index (κ1) is 23.8. The molecule has 1 spiro atoms. The minimum atomic E-state index is -0.757. The monoisotopic (exact) mass is 459 g/mol. The minimum absolute atomic E-state index is 0.0750. The molecule has 34 heavy (non-hydrogen) atoms. The molecule has 178 valence electrons. The molecule has 2 aromatic rings. The van der Waals surface area contributed by atoms with Gasteiger partial charge >= 0.3 is 5.97 Å². The molecule has 5 nitrogen and oxygen atoms in total. The Hall–Kier alpha value is -3.34. The second-order valence-electron chi connectivity index (χ2n) is 9.14. The summed E-state index contributed by atoms with van der Waals surface area (Å²) in [4.78, 5) is 29.1. The average Bonchev–Trinajstić information content (AvgIpc) is 3.07. The molecule has 4 atom stereocenters. The summed E-state index contributed by atoms with van der Waals surface area (Å²) in [7, 11) is 1.64. The zero-order valence-corrected chi connectivity index (χ0v) is 20.1. The molecule has 1 aliphatic heterocycles. The predicted octanol–water partition coefficient (Wildman–Crippen LogP) is 4.97. The Morgan fingerprint density at radius 2 is 1.82 bits per heavy atom. The van der Waals surface area contributed by atoms with Crippen molar-refractivity contribution in [1.82, 2.24) is 4.90 Å². The highest BCUT2D eigenvalue weighted by Crippen LogP contribution is 2.52. The van der Waals surface area contributed by atoms with Gasteiger partial charge in [0.15, 0.2) is 0 Å². The fourth-order valence-electron chi connectivity index (χ4n) is 5.55. The third-order valence-corrected chi connectivity index (χ3v) is 7.16. The number of carbonyl (C=O) groups is 2. The first-order valence-electron chi connectivity index (χ1n) is 12.0. The molecular weight excluding hydrogens is 426 g/mol. The largest absolute Gasteiger partial charge is 0.497 e. The molecule has 2 aliphatic rings. The van der Waals surface area contributed by atoms with E-state index < -0.39 is 11.3 Å². The number of amides is 1. The highest BCUT2D eigenvalue weighted by atomic mass is 16.5. The van der Waals surface area contributed by atoms with Gasteiger partial charge in [0.25, 0.3) is 0 Å². The lowest BCUT2D eigenvalue weighted by Gasteiger charge is -2.35. The van der Waals surface area contributed by atoms with Crippen LogP contribution in [0.4, 0.5) is 0 Å². The molecule has 1 fully saturated rings. The molecule has 1 aliphatic carbocycles. The lowest BCUT2D eigenvalue weighted by atomic mass is 9.65. The van der Waals surface area contributed by atoms with Gasteiger partial charge < -0.3 is 14.4 Å². The van der Waals surface area contributed by atoms with Crippen molar-refractivity contribution in [3.8, 4) is 5.75 Å². The summed E-state index contributed by atoms with van der Waals surface area (Å²) in [5.41, 5.74) is 1.42. The summed E-state index contributed by atoms with van der Waals surface area (Å²) in [5.74, 6) is -0.0192. The molecule has 0 radical (unpaired) electrons. The number of esters is 1. The SMILES string of the molecule is CCOC(=O)[C@@H](C)[C@H]1[C@H](Cc2ccccc2)N(Cc2ccc(OC)cc2)C(=O)[C@@]12C=CC=CC2. The second-order valence-corrected chi connectivity index (χ2v) is 9.14. The number of carbonyl (C=O) groups excluding carboxylic acids is 2. The van der Waals surface area contributed by atoms with E-state index in [0.717, 1.165) is 16.9 Å². The molecule has 0 unspecified atom stereocenters. The summed E-state index contributed by atoms with van der Waals surface area (Å²) in [5, 5.41) is 0. The molecule has 0 N–H and O–H groups in total. The average molecular weight is 460 g/mol. The van der Waals surface area contributed by atoms with Gasteiger partial charge in [-0.3, -0.25) is 9.59 Å². The molecule has 1 saturated heterocycles. The normalized spacial score (nSPS) is 24.4. The summed E-state index contributed by atoms with van der Waals surface area (Å²) in [6.45, 7) is 4.54. The van der Waals surface area contributed by atoms with Crippen LogP contribution < -0.4 is 4.74 Å². The standard InChI is InChI=1S/C29H33NO4/c1-4-34-27(31)21(2)26-25(19-22-11-7-5-8-12-22)30(20-23-13-15-24(33-3)16-14-23)28(32)29(26)17-9-6-10-18-29/h5-17,21,25-26H,4,18-20H2,1-3H3/t21-,25-,26-,29+/m0/s1. The first-order chi connectivity index (χ1) is 16.5. The van der Waals surface area contributed by atoms with Crippen LogP contribution in [-0.4, -0.2) is 36.5 Å². The van der Waals surface area contributed by atoms with E-state index in [0.29, 0.717) is 26.0 Å². The van der Waals surface area contributed by atoms with Gasteiger partial charge in [-0.05, 0) is 43.0 Å². The van der Waals surface area contributed by atoms with E-state index >= 15 is 0 Å². The topological polar surface area (TPSA) is 55.8 Å². The number of rotatable bonds is 8. The molecule has 2 aromatic carbocycles. The van der Waals surface area contributed by atoms with Gasteiger partial charge in [0.1, 0.15) is 5.75 Å². The van der Waals surface area contributed by atoms with Crippen molar-refractivity contribution in [2.75, 3.05) is 13.7 Å². The van der Waals surface area contributed by atoms with Crippen LogP contribution in [0.1, 0.15) is 31.4 Å². The Morgan fingerprint density at radius 3 is 2.44 bits per heavy atom. The van der Waals surface area contributed by atoms with Crippen LogP contribution in [0.5, 0.6) is 5.75 Å². The van der Waals surface area contributed by atoms with Crippen molar-refractivity contribution in [1.29, 1.82) is 0 Å². The molecule has 0 saturated carbocycles. The number of allylic oxidation sites excluding steroid dienone is 3. The molecule has 4 rings (SSSR count). The number of hydrogen-bond donors (Lipinski definition) is 0. The van der Waals surface area contributed by atoms with E-state index in [4.69, 9.17) is 9.47 Å². The summed E-state index contributed by atoms with van der Waals surface area (Å²) < 4.78 is 10.7. The highest BCUT2D eigenvalue weighted by molar-refractivity contribution is 5.90. The predicted molar refractivity (Wildman–Crippen MR) is 132 cm³/mol. The van der Waals surface area contributed by atoms with Crippen molar-refractivity contribution in [2.24, 2.45) is 17.3 Å². The number of likely N-dealkylation sites (tertiary alicyclic amines) is 1. The first-order valence-corrected chi connectivity index (χ1v) is 12.0. The van der Waals surface area contributed by atoms with E-state index in [1.54, 1.807) is 7.11 Å². The highest BCUT2D eigenvalue weighted by Gasteiger charge is 2.60. The van der Waals surface area contributed by atoms with Crippen LogP contribution in [0.25, 0.3) is 0 Å². The van der Waals surface area contributed by atoms with E-state index in [9.17, 15) is 9.59 Å². The molecule has 0 aromatic heterocycles. The Labute approximate surface area is 202 Å².